The van der Waals surface area contributed by atoms with Gasteiger partial charge in [0, 0.05) is 22.9 Å². The summed E-state index contributed by atoms with van der Waals surface area (Å²) in [6, 6.07) is 8.50. The van der Waals surface area contributed by atoms with Crippen LogP contribution in [0.1, 0.15) is 29.0 Å². The Hall–Kier alpha value is -2.99. The molecule has 0 aliphatic carbocycles. The van der Waals surface area contributed by atoms with Gasteiger partial charge in [0.15, 0.2) is 11.5 Å². The number of halogens is 1. The van der Waals surface area contributed by atoms with Gasteiger partial charge in [-0.3, -0.25) is 4.79 Å². The van der Waals surface area contributed by atoms with Crippen molar-refractivity contribution in [2.45, 2.75) is 19.3 Å². The first kappa shape index (κ1) is 16.2. The Kier molecular flexibility index (Phi) is 3.45. The summed E-state index contributed by atoms with van der Waals surface area (Å²) >= 11 is 6.33. The maximum Gasteiger partial charge on any atom is 0.336 e. The van der Waals surface area contributed by atoms with Gasteiger partial charge < -0.3 is 18.6 Å². The summed E-state index contributed by atoms with van der Waals surface area (Å²) in [4.78, 5) is 24.2. The number of carbonyl (C=O) groups excluding carboxylic acids is 1. The Morgan fingerprint density at radius 1 is 1.07 bits per heavy atom. The maximum atomic E-state index is 12.2. The first-order valence-electron chi connectivity index (χ1n) is 8.38. The molecule has 0 saturated carbocycles. The standard InChI is InChI=1S/C20H13ClO6/c1-9-4-16(22)27-19-11(9)2-3-14-18(19)12(7-17(23)26-14)10-5-13(21)20-15(6-10)24-8-25-20/h2-6,12H,7-8H2,1H3/t12-/m0/s1. The third-order valence-corrected chi connectivity index (χ3v) is 5.19. The lowest BCUT2D eigenvalue weighted by Crippen LogP contribution is -2.21. The van der Waals surface area contributed by atoms with Crippen molar-refractivity contribution in [3.8, 4) is 17.2 Å². The smallest absolute Gasteiger partial charge is 0.336 e. The minimum Gasteiger partial charge on any atom is -0.454 e. The maximum absolute atomic E-state index is 12.2. The summed E-state index contributed by atoms with van der Waals surface area (Å²) in [5.74, 6) is 0.638. The molecular formula is C20H13ClO6. The highest BCUT2D eigenvalue weighted by Crippen LogP contribution is 2.47. The Bertz CT molecular complexity index is 1180. The summed E-state index contributed by atoms with van der Waals surface area (Å²) in [7, 11) is 0. The molecule has 1 aromatic heterocycles. The van der Waals surface area contributed by atoms with Gasteiger partial charge in [0.25, 0.3) is 0 Å². The first-order valence-corrected chi connectivity index (χ1v) is 8.76. The van der Waals surface area contributed by atoms with Crippen LogP contribution in [0.4, 0.5) is 0 Å². The summed E-state index contributed by atoms with van der Waals surface area (Å²) in [5.41, 5.74) is 2.18. The number of ether oxygens (including phenoxy) is 3. The number of esters is 1. The number of carbonyl (C=O) groups is 1. The summed E-state index contributed by atoms with van der Waals surface area (Å²) in [5, 5.41) is 1.20. The van der Waals surface area contributed by atoms with Crippen LogP contribution in [-0.2, 0) is 4.79 Å². The third-order valence-electron chi connectivity index (χ3n) is 4.91. The van der Waals surface area contributed by atoms with Gasteiger partial charge in [0.05, 0.1) is 11.4 Å². The lowest BCUT2D eigenvalue weighted by atomic mass is 9.85. The van der Waals surface area contributed by atoms with E-state index in [4.69, 9.17) is 30.2 Å². The predicted molar refractivity (Wildman–Crippen MR) is 96.9 cm³/mol. The number of hydrogen-bond acceptors (Lipinski definition) is 6. The third kappa shape index (κ3) is 2.48. The van der Waals surface area contributed by atoms with E-state index >= 15 is 0 Å². The van der Waals surface area contributed by atoms with E-state index in [0.29, 0.717) is 33.4 Å². The Morgan fingerprint density at radius 2 is 1.93 bits per heavy atom. The van der Waals surface area contributed by atoms with Crippen LogP contribution in [0.2, 0.25) is 5.02 Å². The fourth-order valence-corrected chi connectivity index (χ4v) is 3.99. The van der Waals surface area contributed by atoms with Crippen LogP contribution in [0, 0.1) is 6.92 Å². The molecule has 5 rings (SSSR count). The largest absolute Gasteiger partial charge is 0.454 e. The van der Waals surface area contributed by atoms with E-state index in [1.54, 1.807) is 24.3 Å². The molecule has 0 unspecified atom stereocenters. The molecule has 0 saturated heterocycles. The second-order valence-corrected chi connectivity index (χ2v) is 6.98. The van der Waals surface area contributed by atoms with Crippen LogP contribution in [0.25, 0.3) is 11.0 Å². The van der Waals surface area contributed by atoms with Crippen LogP contribution >= 0.6 is 11.6 Å². The molecule has 6 nitrogen and oxygen atoms in total. The van der Waals surface area contributed by atoms with Gasteiger partial charge in [0.2, 0.25) is 6.79 Å². The predicted octanol–water partition coefficient (Wildman–Crippen LogP) is 3.92. The molecule has 0 N–H and O–H groups in total. The van der Waals surface area contributed by atoms with E-state index in [9.17, 15) is 9.59 Å². The topological polar surface area (TPSA) is 75.0 Å². The number of fused-ring (bicyclic) bond motifs is 4. The molecule has 0 bridgehead atoms. The van der Waals surface area contributed by atoms with E-state index in [0.717, 1.165) is 16.5 Å². The molecule has 2 aromatic carbocycles. The normalized spacial score (nSPS) is 17.7. The zero-order valence-electron chi connectivity index (χ0n) is 14.2. The van der Waals surface area contributed by atoms with E-state index in [1.165, 1.54) is 6.07 Å². The van der Waals surface area contributed by atoms with Crippen LogP contribution in [0.15, 0.2) is 39.5 Å². The van der Waals surface area contributed by atoms with Gasteiger partial charge in [-0.05, 0) is 42.3 Å². The quantitative estimate of drug-likeness (QED) is 0.359. The van der Waals surface area contributed by atoms with Crippen LogP contribution in [0.5, 0.6) is 17.2 Å². The molecule has 0 fully saturated rings. The second kappa shape index (κ2) is 5.76. The molecule has 0 spiro atoms. The van der Waals surface area contributed by atoms with Crippen LogP contribution < -0.4 is 19.8 Å². The fraction of sp³-hybridized carbons (Fsp3) is 0.200. The molecular weight excluding hydrogens is 372 g/mol. The summed E-state index contributed by atoms with van der Waals surface area (Å²) in [6.45, 7) is 1.94. The highest BCUT2D eigenvalue weighted by atomic mass is 35.5. The Balaban J connectivity index is 1.79. The minimum absolute atomic E-state index is 0.0960. The number of aryl methyl sites for hydroxylation is 1. The molecule has 136 valence electrons. The Labute approximate surface area is 158 Å². The van der Waals surface area contributed by atoms with Gasteiger partial charge in [-0.2, -0.15) is 0 Å². The molecule has 0 radical (unpaired) electrons. The number of benzene rings is 2. The molecule has 2 aliphatic heterocycles. The van der Waals surface area contributed by atoms with Crippen molar-refractivity contribution in [1.29, 1.82) is 0 Å². The molecule has 7 heteroatoms. The fourth-order valence-electron chi connectivity index (χ4n) is 3.71. The van der Waals surface area contributed by atoms with Crippen LogP contribution in [0.3, 0.4) is 0 Å². The molecule has 27 heavy (non-hydrogen) atoms. The van der Waals surface area contributed by atoms with Gasteiger partial charge in [0.1, 0.15) is 11.3 Å². The molecule has 3 aromatic rings. The molecule has 2 aliphatic rings. The second-order valence-electron chi connectivity index (χ2n) is 6.57. The van der Waals surface area contributed by atoms with Crippen molar-refractivity contribution in [3.05, 3.63) is 62.5 Å². The van der Waals surface area contributed by atoms with E-state index in [2.05, 4.69) is 0 Å². The molecule has 1 atom stereocenters. The number of rotatable bonds is 1. The van der Waals surface area contributed by atoms with E-state index in [1.807, 2.05) is 6.92 Å². The van der Waals surface area contributed by atoms with Crippen molar-refractivity contribution in [1.82, 2.24) is 0 Å². The molecule has 0 amide bonds. The zero-order chi connectivity index (χ0) is 18.7. The summed E-state index contributed by atoms with van der Waals surface area (Å²) < 4.78 is 21.7. The van der Waals surface area contributed by atoms with Gasteiger partial charge in [-0.15, -0.1) is 0 Å². The van der Waals surface area contributed by atoms with Crippen LogP contribution in [-0.4, -0.2) is 12.8 Å². The van der Waals surface area contributed by atoms with Gasteiger partial charge in [-0.25, -0.2) is 4.79 Å². The monoisotopic (exact) mass is 384 g/mol. The van der Waals surface area contributed by atoms with Crippen molar-refractivity contribution in [2.24, 2.45) is 0 Å². The highest BCUT2D eigenvalue weighted by Gasteiger charge is 2.33. The SMILES string of the molecule is Cc1cc(=O)oc2c3c(ccc12)OC(=O)C[C@H]3c1cc(Cl)c2c(c1)OCO2. The van der Waals surface area contributed by atoms with Crippen molar-refractivity contribution >= 4 is 28.5 Å². The highest BCUT2D eigenvalue weighted by molar-refractivity contribution is 6.32. The summed E-state index contributed by atoms with van der Waals surface area (Å²) in [6.07, 6.45) is 0.0970. The minimum atomic E-state index is -0.451. The lowest BCUT2D eigenvalue weighted by molar-refractivity contribution is -0.135. The average molecular weight is 385 g/mol. The van der Waals surface area contributed by atoms with Gasteiger partial charge in [-0.1, -0.05) is 11.6 Å². The van der Waals surface area contributed by atoms with E-state index in [-0.39, 0.29) is 25.1 Å². The lowest BCUT2D eigenvalue weighted by Gasteiger charge is -2.26. The molecule has 3 heterocycles. The zero-order valence-corrected chi connectivity index (χ0v) is 15.0. The van der Waals surface area contributed by atoms with E-state index < -0.39 is 5.63 Å². The van der Waals surface area contributed by atoms with Gasteiger partial charge >= 0.3 is 11.6 Å². The average Bonchev–Trinajstić information content (AvgIpc) is 3.09. The first-order chi connectivity index (χ1) is 13.0. The van der Waals surface area contributed by atoms with Crippen molar-refractivity contribution < 1.29 is 23.4 Å². The van der Waals surface area contributed by atoms with Crippen molar-refractivity contribution in [2.75, 3.05) is 6.79 Å². The Morgan fingerprint density at radius 3 is 2.78 bits per heavy atom. The number of hydrogen-bond donors (Lipinski definition) is 0. The van der Waals surface area contributed by atoms with Crippen molar-refractivity contribution in [3.63, 3.8) is 0 Å².